The van der Waals surface area contributed by atoms with E-state index in [9.17, 15) is 15.2 Å². The zero-order valence-corrected chi connectivity index (χ0v) is 30.8. The van der Waals surface area contributed by atoms with Crippen molar-refractivity contribution in [2.75, 3.05) is 39.4 Å². The van der Waals surface area contributed by atoms with E-state index >= 15 is 0 Å². The molecule has 52 heavy (non-hydrogen) atoms. The van der Waals surface area contributed by atoms with Gasteiger partial charge < -0.3 is 40.0 Å². The molecule has 4 N–H and O–H groups in total. The van der Waals surface area contributed by atoms with E-state index in [-0.39, 0.29) is 49.7 Å². The summed E-state index contributed by atoms with van der Waals surface area (Å²) in [5, 5.41) is 32.4. The predicted octanol–water partition coefficient (Wildman–Crippen LogP) is 4.57. The van der Waals surface area contributed by atoms with Crippen molar-refractivity contribution < 1.29 is 28.8 Å². The van der Waals surface area contributed by atoms with Gasteiger partial charge in [-0.1, -0.05) is 36.9 Å². The number of likely N-dealkylation sites (N-methyl/N-ethyl adjacent to an activating group) is 1. The standard InChI is InChI=1S/C39H44N6O6S/c1-7-13-49-35-21(3)36-37(51-19-50-36)31-25(35)16-27-32-30-23(14-20(2)34(48-6)33(30)46)15-26(44(32)5)28(17-40)45(27)29(31)18-41-38(47)22(4)42-39(52)43-24-11-9-8-10-12-24/h7-12,14,22,26-29,32,46H,1,13,15-16,18-19H2,2-6H3,(H,41,47)(H2,42,43,52)/t22-,26-,27?,28-,29-,32?/m0/s1. The molecule has 0 aliphatic carbocycles. The number of carbonyl (C=O) groups is 1. The molecule has 2 bridgehead atoms. The van der Waals surface area contributed by atoms with Crippen LogP contribution < -0.4 is 34.9 Å². The fraction of sp³-hybridized carbons (Fsp3) is 0.410. The van der Waals surface area contributed by atoms with E-state index in [1.807, 2.05) is 51.2 Å². The normalized spacial score (nSPS) is 23.2. The van der Waals surface area contributed by atoms with Gasteiger partial charge in [-0.15, -0.1) is 0 Å². The molecule has 0 aromatic heterocycles. The number of aromatic hydroxyl groups is 1. The molecular weight excluding hydrogens is 681 g/mol. The van der Waals surface area contributed by atoms with Gasteiger partial charge in [-0.25, -0.2) is 0 Å². The Kier molecular flexibility index (Phi) is 9.65. The smallest absolute Gasteiger partial charge is 0.242 e. The number of benzene rings is 3. The summed E-state index contributed by atoms with van der Waals surface area (Å²) >= 11 is 5.51. The number of hydrogen-bond donors (Lipinski definition) is 4. The van der Waals surface area contributed by atoms with Crippen LogP contribution in [0.15, 0.2) is 49.1 Å². The Balaban J connectivity index is 1.31. The highest BCUT2D eigenvalue weighted by atomic mass is 32.1. The molecule has 4 aliphatic heterocycles. The number of carbonyl (C=O) groups excluding carboxylic acids is 1. The number of phenols is 1. The quantitative estimate of drug-likeness (QED) is 0.182. The Bertz CT molecular complexity index is 1970. The summed E-state index contributed by atoms with van der Waals surface area (Å²) in [6.07, 6.45) is 2.74. The van der Waals surface area contributed by atoms with Crippen molar-refractivity contribution >= 4 is 28.9 Å². The lowest BCUT2D eigenvalue weighted by Crippen LogP contribution is -2.69. The topological polar surface area (TPSA) is 141 Å². The SMILES string of the molecule is C=CCOc1c(C)c2c(c3c1CC1C4c5c(cc(C)c(OC)c5O)C[C@@H]([C@H](C#N)N1[C@H]3CNC(=O)[C@H](C)NC(=S)Nc1ccccc1)N4C)OCO2. The van der Waals surface area contributed by atoms with Crippen LogP contribution in [-0.4, -0.2) is 84.2 Å². The van der Waals surface area contributed by atoms with Crippen LogP contribution in [0.3, 0.4) is 0 Å². The van der Waals surface area contributed by atoms with E-state index < -0.39 is 18.1 Å². The molecule has 4 heterocycles. The minimum atomic E-state index is -0.671. The minimum Gasteiger partial charge on any atom is -0.504 e. The molecule has 0 saturated carbocycles. The second-order valence-corrected chi connectivity index (χ2v) is 14.2. The number of ether oxygens (including phenoxy) is 4. The van der Waals surface area contributed by atoms with Gasteiger partial charge in [-0.3, -0.25) is 14.6 Å². The number of amides is 1. The second-order valence-electron chi connectivity index (χ2n) is 13.8. The minimum absolute atomic E-state index is 0.0406. The number of para-hydroxylation sites is 1. The van der Waals surface area contributed by atoms with Gasteiger partial charge in [0.2, 0.25) is 12.7 Å². The Labute approximate surface area is 309 Å². The number of aryl methyl sites for hydroxylation is 1. The maximum atomic E-state index is 13.8. The van der Waals surface area contributed by atoms with Crippen LogP contribution in [-0.2, 0) is 17.6 Å². The van der Waals surface area contributed by atoms with E-state index in [1.54, 1.807) is 20.1 Å². The van der Waals surface area contributed by atoms with Crippen molar-refractivity contribution in [3.05, 3.63) is 82.4 Å². The van der Waals surface area contributed by atoms with Crippen LogP contribution in [0.1, 0.15) is 52.4 Å². The highest BCUT2D eigenvalue weighted by Crippen LogP contribution is 2.58. The molecule has 3 aromatic carbocycles. The van der Waals surface area contributed by atoms with Gasteiger partial charge in [-0.2, -0.15) is 5.26 Å². The highest BCUT2D eigenvalue weighted by molar-refractivity contribution is 7.80. The lowest BCUT2D eigenvalue weighted by Gasteiger charge is -2.60. The van der Waals surface area contributed by atoms with Crippen molar-refractivity contribution in [3.8, 4) is 34.8 Å². The van der Waals surface area contributed by atoms with Crippen molar-refractivity contribution in [2.45, 2.75) is 69.9 Å². The summed E-state index contributed by atoms with van der Waals surface area (Å²) in [5.74, 6) is 2.14. The van der Waals surface area contributed by atoms with Gasteiger partial charge in [0, 0.05) is 46.6 Å². The zero-order chi connectivity index (χ0) is 36.8. The molecule has 1 saturated heterocycles. The van der Waals surface area contributed by atoms with E-state index in [0.29, 0.717) is 41.0 Å². The van der Waals surface area contributed by atoms with E-state index in [0.717, 1.165) is 39.1 Å². The van der Waals surface area contributed by atoms with Crippen molar-refractivity contribution in [1.82, 2.24) is 20.4 Å². The summed E-state index contributed by atoms with van der Waals surface area (Å²) in [5.41, 5.74) is 5.99. The van der Waals surface area contributed by atoms with Gasteiger partial charge in [-0.05, 0) is 76.1 Å². The first-order valence-corrected chi connectivity index (χ1v) is 17.9. The average Bonchev–Trinajstić information content (AvgIpc) is 3.62. The molecule has 3 aromatic rings. The predicted molar refractivity (Wildman–Crippen MR) is 200 cm³/mol. The third-order valence-corrected chi connectivity index (χ3v) is 11.1. The molecule has 6 atom stereocenters. The monoisotopic (exact) mass is 724 g/mol. The number of hydrogen-bond acceptors (Lipinski definition) is 10. The zero-order valence-electron chi connectivity index (χ0n) is 30.0. The van der Waals surface area contributed by atoms with Crippen LogP contribution in [0.2, 0.25) is 0 Å². The second kappa shape index (κ2) is 14.2. The number of nitrogens with zero attached hydrogens (tertiary/aromatic N) is 3. The molecule has 1 fully saturated rings. The molecule has 12 nitrogen and oxygen atoms in total. The first kappa shape index (κ1) is 35.4. The van der Waals surface area contributed by atoms with Gasteiger partial charge in [0.05, 0.1) is 25.3 Å². The van der Waals surface area contributed by atoms with Crippen molar-refractivity contribution in [2.24, 2.45) is 0 Å². The number of rotatable bonds is 9. The lowest BCUT2D eigenvalue weighted by atomic mass is 9.71. The third kappa shape index (κ3) is 5.84. The maximum absolute atomic E-state index is 13.8. The Morgan fingerprint density at radius 2 is 1.92 bits per heavy atom. The highest BCUT2D eigenvalue weighted by Gasteiger charge is 2.56. The Morgan fingerprint density at radius 3 is 2.63 bits per heavy atom. The number of fused-ring (bicyclic) bond motifs is 9. The molecule has 2 unspecified atom stereocenters. The van der Waals surface area contributed by atoms with Crippen LogP contribution in [0, 0.1) is 25.2 Å². The number of nitriles is 1. The number of nitrogens with one attached hydrogen (secondary N) is 3. The fourth-order valence-electron chi connectivity index (χ4n) is 8.67. The molecule has 13 heteroatoms. The van der Waals surface area contributed by atoms with E-state index in [2.05, 4.69) is 44.5 Å². The van der Waals surface area contributed by atoms with Crippen LogP contribution >= 0.6 is 12.2 Å². The van der Waals surface area contributed by atoms with Crippen LogP contribution in [0.4, 0.5) is 5.69 Å². The molecule has 7 rings (SSSR count). The van der Waals surface area contributed by atoms with Crippen LogP contribution in [0.5, 0.6) is 28.7 Å². The van der Waals surface area contributed by atoms with E-state index in [4.69, 9.17) is 31.2 Å². The fourth-order valence-corrected chi connectivity index (χ4v) is 8.96. The molecule has 4 aliphatic rings. The van der Waals surface area contributed by atoms with E-state index in [1.165, 1.54) is 0 Å². The maximum Gasteiger partial charge on any atom is 0.242 e. The van der Waals surface area contributed by atoms with Crippen molar-refractivity contribution in [3.63, 3.8) is 0 Å². The molecule has 0 spiro atoms. The van der Waals surface area contributed by atoms with Crippen LogP contribution in [0.25, 0.3) is 0 Å². The van der Waals surface area contributed by atoms with Gasteiger partial charge in [0.1, 0.15) is 24.4 Å². The Morgan fingerprint density at radius 1 is 1.17 bits per heavy atom. The number of anilines is 1. The van der Waals surface area contributed by atoms with Gasteiger partial charge in [0.15, 0.2) is 28.1 Å². The first-order valence-electron chi connectivity index (χ1n) is 17.5. The average molecular weight is 725 g/mol. The summed E-state index contributed by atoms with van der Waals surface area (Å²) < 4.78 is 24.3. The number of phenolic OH excluding ortho intramolecular Hbond substituents is 1. The molecule has 272 valence electrons. The number of piperazine rings is 1. The number of methoxy groups -OCH3 is 1. The molecule has 0 radical (unpaired) electrons. The largest absolute Gasteiger partial charge is 0.504 e. The molecular formula is C39H44N6O6S. The van der Waals surface area contributed by atoms with Gasteiger partial charge >= 0.3 is 0 Å². The summed E-state index contributed by atoms with van der Waals surface area (Å²) in [6.45, 7) is 9.96. The molecule has 1 amide bonds. The van der Waals surface area contributed by atoms with Crippen molar-refractivity contribution in [1.29, 1.82) is 5.26 Å². The lowest BCUT2D eigenvalue weighted by molar-refractivity contribution is -0.123. The summed E-state index contributed by atoms with van der Waals surface area (Å²) in [6, 6.07) is 11.7. The van der Waals surface area contributed by atoms with Gasteiger partial charge in [0.25, 0.3) is 0 Å². The number of thiocarbonyl (C=S) groups is 1. The third-order valence-electron chi connectivity index (χ3n) is 10.9. The first-order chi connectivity index (χ1) is 25.1. The summed E-state index contributed by atoms with van der Waals surface area (Å²) in [4.78, 5) is 18.2. The summed E-state index contributed by atoms with van der Waals surface area (Å²) in [7, 11) is 3.59. The Hall–Kier alpha value is -5.03.